The van der Waals surface area contributed by atoms with E-state index in [1.54, 1.807) is 13.0 Å². The summed E-state index contributed by atoms with van der Waals surface area (Å²) < 4.78 is 17.1. The van der Waals surface area contributed by atoms with Crippen LogP contribution >= 0.6 is 0 Å². The van der Waals surface area contributed by atoms with Gasteiger partial charge in [-0.25, -0.2) is 4.79 Å². The number of ether oxygens (including phenoxy) is 2. The van der Waals surface area contributed by atoms with Crippen molar-refractivity contribution in [3.05, 3.63) is 57.5 Å². The largest absolute Gasteiger partial charge is 0.423 e. The van der Waals surface area contributed by atoms with Gasteiger partial charge in [0.2, 0.25) is 0 Å². The predicted octanol–water partition coefficient (Wildman–Crippen LogP) is 6.39. The van der Waals surface area contributed by atoms with Gasteiger partial charge in [0, 0.05) is 17.5 Å². The molecule has 0 spiro atoms. The Bertz CT molecular complexity index is 1360. The van der Waals surface area contributed by atoms with E-state index in [1.807, 2.05) is 55.4 Å². The third kappa shape index (κ3) is 4.65. The Morgan fingerprint density at radius 2 is 1.25 bits per heavy atom. The van der Waals surface area contributed by atoms with Crippen LogP contribution in [0.3, 0.4) is 0 Å². The molecule has 4 unspecified atom stereocenters. The van der Waals surface area contributed by atoms with Gasteiger partial charge < -0.3 is 13.9 Å². The van der Waals surface area contributed by atoms with E-state index in [2.05, 4.69) is 12.2 Å². The molecule has 192 valence electrons. The predicted molar refractivity (Wildman–Crippen MR) is 139 cm³/mol. The fourth-order valence-electron chi connectivity index (χ4n) is 5.43. The minimum atomic E-state index is -0.502. The molecule has 0 N–H and O–H groups in total. The first kappa shape index (κ1) is 25.9. The Morgan fingerprint density at radius 1 is 0.806 bits per heavy atom. The molecule has 1 aromatic carbocycles. The molecule has 1 heterocycles. The number of carbonyl (C=O) groups is 2. The van der Waals surface area contributed by atoms with Crippen LogP contribution in [0.1, 0.15) is 61.0 Å². The maximum atomic E-state index is 13.2. The van der Waals surface area contributed by atoms with Gasteiger partial charge in [-0.3, -0.25) is 9.59 Å². The van der Waals surface area contributed by atoms with Crippen molar-refractivity contribution in [2.75, 3.05) is 0 Å². The van der Waals surface area contributed by atoms with Gasteiger partial charge in [-0.2, -0.15) is 0 Å². The van der Waals surface area contributed by atoms with E-state index < -0.39 is 11.6 Å². The van der Waals surface area contributed by atoms with E-state index in [9.17, 15) is 14.4 Å². The van der Waals surface area contributed by atoms with Gasteiger partial charge in [-0.15, -0.1) is 0 Å². The molecule has 1 aromatic heterocycles. The zero-order valence-electron chi connectivity index (χ0n) is 22.6. The number of aryl methyl sites for hydroxylation is 1. The SMILES string of the molecule is CC(C)=CC1C(C(=O)Oc2cc3oc(=O)cc(C)c3cc2OC(=O)C2C(C=C(C)C)C2(C)C)C1(C)C. The van der Waals surface area contributed by atoms with Crippen molar-refractivity contribution in [3.8, 4) is 11.5 Å². The molecule has 0 amide bonds. The highest BCUT2D eigenvalue weighted by Crippen LogP contribution is 2.61. The lowest BCUT2D eigenvalue weighted by atomic mass is 10.1. The summed E-state index contributed by atoms with van der Waals surface area (Å²) in [6.45, 7) is 18.0. The van der Waals surface area contributed by atoms with Crippen LogP contribution in [0, 0.1) is 41.4 Å². The molecule has 2 fully saturated rings. The minimum absolute atomic E-state index is 0.0683. The standard InChI is InChI=1S/C30H36O6/c1-15(2)10-19-25(29(19,6)7)27(32)35-22-13-18-17(5)12-24(31)34-21(18)14-23(22)36-28(33)26-20(11-16(3)4)30(26,8)9/h10-14,19-20,25-26H,1-9H3. The van der Waals surface area contributed by atoms with E-state index in [-0.39, 0.29) is 57.6 Å². The second-order valence-corrected chi connectivity index (χ2v) is 12.0. The molecule has 0 radical (unpaired) electrons. The number of fused-ring (bicyclic) bond motifs is 1. The molecule has 6 heteroatoms. The van der Waals surface area contributed by atoms with E-state index >= 15 is 0 Å². The molecule has 4 atom stereocenters. The normalized spacial score (nSPS) is 25.0. The van der Waals surface area contributed by atoms with Gasteiger partial charge in [-0.1, -0.05) is 51.0 Å². The van der Waals surface area contributed by atoms with Crippen molar-refractivity contribution in [2.24, 2.45) is 34.5 Å². The number of rotatable bonds is 6. The van der Waals surface area contributed by atoms with Gasteiger partial charge in [0.25, 0.3) is 0 Å². The molecule has 2 aliphatic rings. The molecule has 4 rings (SSSR count). The summed E-state index contributed by atoms with van der Waals surface area (Å²) in [4.78, 5) is 38.4. The topological polar surface area (TPSA) is 82.8 Å². The summed E-state index contributed by atoms with van der Waals surface area (Å²) in [5.41, 5.74) is 2.27. The Morgan fingerprint density at radius 3 is 1.69 bits per heavy atom. The van der Waals surface area contributed by atoms with Gasteiger partial charge in [-0.05, 0) is 68.9 Å². The number of allylic oxidation sites excluding steroid dienone is 4. The molecule has 0 bridgehead atoms. The maximum absolute atomic E-state index is 13.2. The summed E-state index contributed by atoms with van der Waals surface area (Å²) in [6, 6.07) is 4.47. The molecule has 6 nitrogen and oxygen atoms in total. The number of esters is 2. The third-order valence-corrected chi connectivity index (χ3v) is 7.79. The van der Waals surface area contributed by atoms with Gasteiger partial charge >= 0.3 is 17.6 Å². The maximum Gasteiger partial charge on any atom is 0.336 e. The van der Waals surface area contributed by atoms with Crippen LogP contribution in [-0.2, 0) is 9.59 Å². The van der Waals surface area contributed by atoms with Crippen molar-refractivity contribution < 1.29 is 23.5 Å². The number of hydrogen-bond donors (Lipinski definition) is 0. The van der Waals surface area contributed by atoms with Crippen LogP contribution in [-0.4, -0.2) is 11.9 Å². The second kappa shape index (κ2) is 8.75. The van der Waals surface area contributed by atoms with Crippen LogP contribution in [0.2, 0.25) is 0 Å². The van der Waals surface area contributed by atoms with E-state index in [0.29, 0.717) is 10.9 Å². The van der Waals surface area contributed by atoms with E-state index in [1.165, 1.54) is 12.1 Å². The first-order chi connectivity index (χ1) is 16.6. The molecule has 0 aliphatic heterocycles. The Kier molecular flexibility index (Phi) is 6.30. The molecular formula is C30H36O6. The lowest BCUT2D eigenvalue weighted by Gasteiger charge is -2.13. The van der Waals surface area contributed by atoms with Crippen LogP contribution in [0.5, 0.6) is 11.5 Å². The Labute approximate surface area is 212 Å². The highest BCUT2D eigenvalue weighted by atomic mass is 16.6. The summed E-state index contributed by atoms with van der Waals surface area (Å²) in [5.74, 6) is -1.02. The number of hydrogen-bond acceptors (Lipinski definition) is 6. The average Bonchev–Trinajstić information content (AvgIpc) is 3.48. The van der Waals surface area contributed by atoms with Crippen molar-refractivity contribution in [1.29, 1.82) is 0 Å². The quantitative estimate of drug-likeness (QED) is 0.201. The number of carbonyl (C=O) groups excluding carboxylic acids is 2. The van der Waals surface area contributed by atoms with E-state index in [0.717, 1.165) is 11.1 Å². The number of benzene rings is 1. The van der Waals surface area contributed by atoms with Crippen molar-refractivity contribution in [1.82, 2.24) is 0 Å². The van der Waals surface area contributed by atoms with Crippen molar-refractivity contribution in [2.45, 2.75) is 62.3 Å². The van der Waals surface area contributed by atoms with Crippen LogP contribution in [0.25, 0.3) is 11.0 Å². The molecule has 2 saturated carbocycles. The smallest absolute Gasteiger partial charge is 0.336 e. The Hall–Kier alpha value is -3.15. The summed E-state index contributed by atoms with van der Waals surface area (Å²) in [6.07, 6.45) is 4.19. The molecule has 36 heavy (non-hydrogen) atoms. The lowest BCUT2D eigenvalue weighted by Crippen LogP contribution is -2.17. The summed E-state index contributed by atoms with van der Waals surface area (Å²) in [5, 5.41) is 0.613. The molecular weight excluding hydrogens is 456 g/mol. The van der Waals surface area contributed by atoms with Crippen LogP contribution in [0.4, 0.5) is 0 Å². The fourth-order valence-corrected chi connectivity index (χ4v) is 5.43. The first-order valence-electron chi connectivity index (χ1n) is 12.5. The van der Waals surface area contributed by atoms with Gasteiger partial charge in [0.15, 0.2) is 11.5 Å². The fraction of sp³-hybridized carbons (Fsp3) is 0.500. The minimum Gasteiger partial charge on any atom is -0.423 e. The van der Waals surface area contributed by atoms with Crippen LogP contribution in [0.15, 0.2) is 50.7 Å². The zero-order chi connectivity index (χ0) is 26.7. The molecule has 2 aromatic rings. The lowest BCUT2D eigenvalue weighted by molar-refractivity contribution is -0.139. The summed E-state index contributed by atoms with van der Waals surface area (Å²) in [7, 11) is 0. The molecule has 2 aliphatic carbocycles. The first-order valence-corrected chi connectivity index (χ1v) is 12.5. The Balaban J connectivity index is 1.68. The highest BCUT2D eigenvalue weighted by Gasteiger charge is 2.62. The highest BCUT2D eigenvalue weighted by molar-refractivity contribution is 5.89. The zero-order valence-corrected chi connectivity index (χ0v) is 22.6. The average molecular weight is 493 g/mol. The van der Waals surface area contributed by atoms with E-state index in [4.69, 9.17) is 13.9 Å². The summed E-state index contributed by atoms with van der Waals surface area (Å²) >= 11 is 0. The third-order valence-electron chi connectivity index (χ3n) is 7.79. The second-order valence-electron chi connectivity index (χ2n) is 12.0. The van der Waals surface area contributed by atoms with Crippen molar-refractivity contribution >= 4 is 22.9 Å². The van der Waals surface area contributed by atoms with Crippen molar-refractivity contribution in [3.63, 3.8) is 0 Å². The molecule has 0 saturated heterocycles. The van der Waals surface area contributed by atoms with Crippen LogP contribution < -0.4 is 15.1 Å². The van der Waals surface area contributed by atoms with Gasteiger partial charge in [0.1, 0.15) is 5.58 Å². The monoisotopic (exact) mass is 492 g/mol. The van der Waals surface area contributed by atoms with Gasteiger partial charge in [0.05, 0.1) is 11.8 Å².